The van der Waals surface area contributed by atoms with Crippen LogP contribution >= 0.6 is 11.6 Å². The van der Waals surface area contributed by atoms with Crippen molar-refractivity contribution in [3.63, 3.8) is 0 Å². The molecule has 0 N–H and O–H groups in total. The standard InChI is InChI=1S/C14H10ClNO/c1-9-11-4-2-3-5-12(11)13-8-10(15)6-7-14(13)16(9)17/h2-8H,1H3. The van der Waals surface area contributed by atoms with Gasteiger partial charge in [0.25, 0.3) is 0 Å². The summed E-state index contributed by atoms with van der Waals surface area (Å²) in [5.74, 6) is 0. The molecule has 2 nitrogen and oxygen atoms in total. The second kappa shape index (κ2) is 3.60. The van der Waals surface area contributed by atoms with Crippen LogP contribution in [0.5, 0.6) is 0 Å². The normalized spacial score (nSPS) is 11.2. The van der Waals surface area contributed by atoms with Gasteiger partial charge in [-0.2, -0.15) is 4.73 Å². The lowest BCUT2D eigenvalue weighted by molar-refractivity contribution is -0.582. The summed E-state index contributed by atoms with van der Waals surface area (Å²) >= 11 is 6.00. The Bertz CT molecular complexity index is 737. The van der Waals surface area contributed by atoms with Crippen molar-refractivity contribution < 1.29 is 4.73 Å². The second-order valence-electron chi connectivity index (χ2n) is 4.09. The van der Waals surface area contributed by atoms with Crippen LogP contribution < -0.4 is 4.73 Å². The van der Waals surface area contributed by atoms with Gasteiger partial charge in [0, 0.05) is 23.4 Å². The molecule has 0 saturated heterocycles. The van der Waals surface area contributed by atoms with Crippen LogP contribution in [0.3, 0.4) is 0 Å². The monoisotopic (exact) mass is 243 g/mol. The number of nitrogens with zero attached hydrogens (tertiary/aromatic N) is 1. The van der Waals surface area contributed by atoms with Crippen LogP contribution in [0.25, 0.3) is 21.7 Å². The van der Waals surface area contributed by atoms with Gasteiger partial charge >= 0.3 is 0 Å². The number of fused-ring (bicyclic) bond motifs is 3. The molecule has 3 rings (SSSR count). The topological polar surface area (TPSA) is 26.9 Å². The molecule has 1 aromatic heterocycles. The average molecular weight is 244 g/mol. The number of hydrogen-bond acceptors (Lipinski definition) is 1. The molecule has 1 heterocycles. The molecule has 3 aromatic rings. The van der Waals surface area contributed by atoms with Crippen molar-refractivity contribution in [1.82, 2.24) is 0 Å². The highest BCUT2D eigenvalue weighted by Crippen LogP contribution is 2.26. The Labute approximate surface area is 104 Å². The number of aromatic nitrogens is 1. The molecule has 0 unspecified atom stereocenters. The van der Waals surface area contributed by atoms with Gasteiger partial charge in [-0.15, -0.1) is 0 Å². The van der Waals surface area contributed by atoms with Crippen LogP contribution in [0.2, 0.25) is 5.02 Å². The summed E-state index contributed by atoms with van der Waals surface area (Å²) in [5.41, 5.74) is 1.38. The van der Waals surface area contributed by atoms with E-state index in [4.69, 9.17) is 11.6 Å². The molecular formula is C14H10ClNO. The van der Waals surface area contributed by atoms with Gasteiger partial charge in [0.1, 0.15) is 0 Å². The molecule has 0 aliphatic heterocycles. The van der Waals surface area contributed by atoms with Gasteiger partial charge in [-0.05, 0) is 18.2 Å². The number of hydrogen-bond donors (Lipinski definition) is 0. The first kappa shape index (κ1) is 10.4. The van der Waals surface area contributed by atoms with E-state index in [1.54, 1.807) is 12.1 Å². The van der Waals surface area contributed by atoms with Gasteiger partial charge in [-0.25, -0.2) is 0 Å². The Morgan fingerprint density at radius 1 is 1.00 bits per heavy atom. The van der Waals surface area contributed by atoms with Crippen LogP contribution in [0.1, 0.15) is 5.69 Å². The van der Waals surface area contributed by atoms with Crippen molar-refractivity contribution >= 4 is 33.3 Å². The fourth-order valence-corrected chi connectivity index (χ4v) is 2.40. The fourth-order valence-electron chi connectivity index (χ4n) is 2.22. The van der Waals surface area contributed by atoms with Crippen molar-refractivity contribution in [3.8, 4) is 0 Å². The second-order valence-corrected chi connectivity index (χ2v) is 4.52. The van der Waals surface area contributed by atoms with E-state index >= 15 is 0 Å². The van der Waals surface area contributed by atoms with E-state index in [-0.39, 0.29) is 0 Å². The van der Waals surface area contributed by atoms with Crippen LogP contribution in [-0.4, -0.2) is 0 Å². The largest absolute Gasteiger partial charge is 0.618 e. The Balaban J connectivity index is 2.66. The molecule has 0 aliphatic rings. The SMILES string of the molecule is Cc1c2ccccc2c2cc(Cl)ccc2[n+]1[O-]. The zero-order chi connectivity index (χ0) is 12.0. The molecule has 17 heavy (non-hydrogen) atoms. The minimum Gasteiger partial charge on any atom is -0.618 e. The van der Waals surface area contributed by atoms with Gasteiger partial charge in [-0.3, -0.25) is 0 Å². The first-order chi connectivity index (χ1) is 8.18. The summed E-state index contributed by atoms with van der Waals surface area (Å²) in [6.45, 7) is 1.84. The molecular weight excluding hydrogens is 234 g/mol. The predicted octanol–water partition coefficient (Wildman–Crippen LogP) is 3.59. The van der Waals surface area contributed by atoms with E-state index in [2.05, 4.69) is 0 Å². The number of aryl methyl sites for hydroxylation is 1. The van der Waals surface area contributed by atoms with Gasteiger partial charge in [0.2, 0.25) is 5.52 Å². The molecule has 0 spiro atoms. The van der Waals surface area contributed by atoms with Crippen LogP contribution in [0.4, 0.5) is 0 Å². The van der Waals surface area contributed by atoms with Crippen LogP contribution in [-0.2, 0) is 0 Å². The lowest BCUT2D eigenvalue weighted by Gasteiger charge is -2.09. The zero-order valence-corrected chi connectivity index (χ0v) is 10.0. The van der Waals surface area contributed by atoms with Gasteiger partial charge < -0.3 is 5.21 Å². The molecule has 0 amide bonds. The minimum atomic E-state index is 0.645. The Hall–Kier alpha value is -1.80. The number of halogens is 1. The number of benzene rings is 2. The molecule has 3 heteroatoms. The van der Waals surface area contributed by atoms with Gasteiger partial charge in [0.05, 0.1) is 10.8 Å². The molecule has 0 aliphatic carbocycles. The Morgan fingerprint density at radius 2 is 1.71 bits per heavy atom. The molecule has 84 valence electrons. The van der Waals surface area contributed by atoms with Crippen molar-refractivity contribution in [2.45, 2.75) is 6.92 Å². The molecule has 2 aromatic carbocycles. The Morgan fingerprint density at radius 3 is 2.47 bits per heavy atom. The van der Waals surface area contributed by atoms with E-state index in [0.717, 1.165) is 26.6 Å². The van der Waals surface area contributed by atoms with Gasteiger partial charge in [0.15, 0.2) is 5.69 Å². The highest BCUT2D eigenvalue weighted by Gasteiger charge is 2.13. The highest BCUT2D eigenvalue weighted by atomic mass is 35.5. The maximum absolute atomic E-state index is 12.1. The number of pyridine rings is 1. The Kier molecular flexibility index (Phi) is 2.20. The summed E-state index contributed by atoms with van der Waals surface area (Å²) in [4.78, 5) is 0. The van der Waals surface area contributed by atoms with Crippen LogP contribution in [0.15, 0.2) is 42.5 Å². The average Bonchev–Trinajstić information content (AvgIpc) is 2.36. The lowest BCUT2D eigenvalue weighted by atomic mass is 10.0. The smallest absolute Gasteiger partial charge is 0.224 e. The van der Waals surface area contributed by atoms with E-state index in [1.807, 2.05) is 37.3 Å². The summed E-state index contributed by atoms with van der Waals surface area (Å²) in [6.07, 6.45) is 0. The minimum absolute atomic E-state index is 0.645. The number of rotatable bonds is 0. The fraction of sp³-hybridized carbons (Fsp3) is 0.0714. The summed E-state index contributed by atoms with van der Waals surface area (Å²) in [7, 11) is 0. The molecule has 0 bridgehead atoms. The van der Waals surface area contributed by atoms with E-state index in [0.29, 0.717) is 10.5 Å². The van der Waals surface area contributed by atoms with E-state index in [1.165, 1.54) is 0 Å². The van der Waals surface area contributed by atoms with E-state index in [9.17, 15) is 5.21 Å². The third kappa shape index (κ3) is 1.45. The van der Waals surface area contributed by atoms with E-state index < -0.39 is 0 Å². The zero-order valence-electron chi connectivity index (χ0n) is 9.27. The van der Waals surface area contributed by atoms with Crippen molar-refractivity contribution in [1.29, 1.82) is 0 Å². The highest BCUT2D eigenvalue weighted by molar-refractivity contribution is 6.31. The molecule has 0 radical (unpaired) electrons. The molecule has 0 saturated carbocycles. The predicted molar refractivity (Wildman–Crippen MR) is 70.2 cm³/mol. The molecule has 0 fully saturated rings. The van der Waals surface area contributed by atoms with Gasteiger partial charge in [-0.1, -0.05) is 29.8 Å². The summed E-state index contributed by atoms with van der Waals surface area (Å²) in [5, 5.41) is 15.7. The quantitative estimate of drug-likeness (QED) is 0.337. The van der Waals surface area contributed by atoms with Crippen molar-refractivity contribution in [3.05, 3.63) is 58.4 Å². The maximum Gasteiger partial charge on any atom is 0.224 e. The van der Waals surface area contributed by atoms with Crippen molar-refractivity contribution in [2.24, 2.45) is 0 Å². The maximum atomic E-state index is 12.1. The first-order valence-electron chi connectivity index (χ1n) is 5.38. The first-order valence-corrected chi connectivity index (χ1v) is 5.76. The van der Waals surface area contributed by atoms with Crippen molar-refractivity contribution in [2.75, 3.05) is 0 Å². The summed E-state index contributed by atoms with van der Waals surface area (Å²) in [6, 6.07) is 13.2. The molecule has 0 atom stereocenters. The lowest BCUT2D eigenvalue weighted by Crippen LogP contribution is -2.31. The third-order valence-corrected chi connectivity index (χ3v) is 3.32. The van der Waals surface area contributed by atoms with Crippen LogP contribution in [0, 0.1) is 12.1 Å². The third-order valence-electron chi connectivity index (χ3n) is 3.09. The summed E-state index contributed by atoms with van der Waals surface area (Å²) < 4.78 is 0.966.